The van der Waals surface area contributed by atoms with Crippen LogP contribution in [0.1, 0.15) is 28.7 Å². The monoisotopic (exact) mass is 2250 g/mol. The van der Waals surface area contributed by atoms with Crippen molar-refractivity contribution in [2.45, 2.75) is 19.8 Å². The van der Waals surface area contributed by atoms with Gasteiger partial charge >= 0.3 is 0 Å². The molecular weight excluding hydrogens is 2170 g/mol. The van der Waals surface area contributed by atoms with Crippen LogP contribution in [0.2, 0.25) is 0 Å². The maximum atomic E-state index is 3.59. The summed E-state index contributed by atoms with van der Waals surface area (Å²) in [6.45, 7) is 2.08. The summed E-state index contributed by atoms with van der Waals surface area (Å²) in [5, 5.41) is 7.62. The van der Waals surface area contributed by atoms with Crippen molar-refractivity contribution in [1.82, 2.24) is 45.7 Å². The molecule has 0 unspecified atom stereocenters. The number of hydrogen-bond donors (Lipinski definition) is 0. The summed E-state index contributed by atoms with van der Waals surface area (Å²) in [5.74, 6) is 0. The first-order valence-electron chi connectivity index (χ1n) is 33.5. The van der Waals surface area contributed by atoms with Crippen molar-refractivity contribution < 1.29 is 101 Å². The molecule has 0 fully saturated rings. The molecule has 0 bridgehead atoms. The number of hydrogen-bond acceptors (Lipinski definition) is 0. The number of nitrogens with zero attached hydrogens (tertiary/aromatic N) is 10. The molecule has 0 atom stereocenters. The largest absolute Gasteiger partial charge is 0.248 e. The molecule has 5 radical (unpaired) electrons. The van der Waals surface area contributed by atoms with E-state index >= 15 is 0 Å². The molecular formula is C89H72Ir5N10. The molecule has 0 spiro atoms. The Kier molecular flexibility index (Phi) is 24.2. The summed E-state index contributed by atoms with van der Waals surface area (Å²) in [5.41, 5.74) is 24.5. The number of allylic oxidation sites excluding steroid dienone is 3. The number of imidazole rings is 5. The SMILES string of the molecule is Cc1c[c-]c(-n2[cH+]n(C)c3ccccc32)cc1.Cn1[cH+]n(-c2[c-]cc3ccc4c5c3c2CC=C5CC=C4)c2ccccc21.Cn1[cH+]n(-c2[c-]cc3ccccc3c2)c2ccccc21.Cn1[cH+]n(-c2[c-]ccc3ccccc23)c2ccccc21.Cn1[cH+]n(-c2[c-]cccc2)c2ccccc21.[Ir].[Ir].[Ir].[Ir].[Ir]. The summed E-state index contributed by atoms with van der Waals surface area (Å²) in [6, 6.07) is 105. The quantitative estimate of drug-likeness (QED) is 0.154. The fraction of sp³-hybridized carbons (Fsp3) is 0.0899. The molecule has 523 valence electrons. The van der Waals surface area contributed by atoms with E-state index in [0.29, 0.717) is 0 Å². The van der Waals surface area contributed by atoms with E-state index in [2.05, 4.69) is 392 Å². The molecule has 15 heteroatoms. The van der Waals surface area contributed by atoms with Gasteiger partial charge < -0.3 is 0 Å². The fourth-order valence-electron chi connectivity index (χ4n) is 14.2. The van der Waals surface area contributed by atoms with Crippen LogP contribution in [0.15, 0.2) is 299 Å². The Bertz CT molecular complexity index is 6150. The minimum atomic E-state index is 0. The summed E-state index contributed by atoms with van der Waals surface area (Å²) in [6.07, 6.45) is 19.5. The van der Waals surface area contributed by atoms with Crippen molar-refractivity contribution in [2.75, 3.05) is 0 Å². The van der Waals surface area contributed by atoms with Gasteiger partial charge in [-0.25, -0.2) is 36.5 Å². The van der Waals surface area contributed by atoms with Gasteiger partial charge in [-0.2, -0.15) is 69.3 Å². The Hall–Kier alpha value is -9.28. The molecule has 5 aromatic heterocycles. The molecule has 2 aliphatic rings. The normalized spacial score (nSPS) is 11.5. The standard InChI is InChI=1S/C24H18N2.2C18H14N2.C15H14N2.C14H12N2.5Ir/c1-25-15-26(22-8-3-2-7-21(22)25)20-14-12-18-10-9-16-5-4-6-17-11-13-19(20)24(18)23(16)17;1-19-13-20(18-11-5-4-10-17(18)19)16-12-6-8-14-7-2-3-9-15(14)16;1-19-13-20(18-9-5-4-8-17(18)19)16-11-10-14-6-2-3-7-15(14)12-16;1-12-7-9-13(10-8-12)17-11-16(2)14-5-3-4-6-15(14)17;1-15-11-16(12-7-3-2-4-8-12)14-10-6-5-9-13(14)15;;;;;/h2-5,7-12,15H,6,13H2,1H3;2-11,13H,1H3;2-10,12-13H,1H3;3-9,11H,1-2H3;2-7,9-11H,1H3;;;;;. The van der Waals surface area contributed by atoms with E-state index in [0.717, 1.165) is 35.6 Å². The summed E-state index contributed by atoms with van der Waals surface area (Å²) in [4.78, 5) is 0. The molecule has 18 aromatic rings. The number of aromatic nitrogens is 10. The molecule has 104 heavy (non-hydrogen) atoms. The number of benzene rings is 13. The summed E-state index contributed by atoms with van der Waals surface area (Å²) in [7, 11) is 10.4. The van der Waals surface area contributed by atoms with E-state index in [1.807, 2.05) is 30.3 Å². The van der Waals surface area contributed by atoms with Crippen LogP contribution in [0.4, 0.5) is 0 Å². The first kappa shape index (κ1) is 75.9. The maximum absolute atomic E-state index is 3.59. The van der Waals surface area contributed by atoms with E-state index in [-0.39, 0.29) is 101 Å². The van der Waals surface area contributed by atoms with Crippen LogP contribution >= 0.6 is 0 Å². The number of rotatable bonds is 5. The van der Waals surface area contributed by atoms with Crippen molar-refractivity contribution in [3.05, 3.63) is 351 Å². The Morgan fingerprint density at radius 2 is 0.769 bits per heavy atom. The third kappa shape index (κ3) is 14.8. The number of para-hydroxylation sites is 11. The second-order valence-corrected chi connectivity index (χ2v) is 25.4. The van der Waals surface area contributed by atoms with Crippen LogP contribution < -0.4 is 0 Å². The van der Waals surface area contributed by atoms with Crippen molar-refractivity contribution in [2.24, 2.45) is 35.2 Å². The zero-order valence-corrected chi connectivity index (χ0v) is 69.9. The molecule has 0 amide bonds. The molecule has 20 rings (SSSR count). The minimum absolute atomic E-state index is 0. The van der Waals surface area contributed by atoms with Gasteiger partial charge in [-0.15, -0.1) is 81.5 Å². The molecule has 10 nitrogen and oxygen atoms in total. The maximum Gasteiger partial charge on any atom is 0.188 e. The molecule has 2 aliphatic carbocycles. The van der Waals surface area contributed by atoms with E-state index in [9.17, 15) is 0 Å². The predicted octanol–water partition coefficient (Wildman–Crippen LogP) is 20.4. The first-order chi connectivity index (χ1) is 48.6. The average Bonchev–Trinajstić information content (AvgIpc) is 1.21. The summed E-state index contributed by atoms with van der Waals surface area (Å²) >= 11 is 0. The second kappa shape index (κ2) is 33.2. The van der Waals surface area contributed by atoms with Crippen LogP contribution in [-0.2, 0) is 142 Å². The van der Waals surface area contributed by atoms with Gasteiger partial charge in [0.25, 0.3) is 0 Å². The van der Waals surface area contributed by atoms with Gasteiger partial charge in [0.1, 0.15) is 0 Å². The van der Waals surface area contributed by atoms with Gasteiger partial charge in [0.05, 0.1) is 0 Å². The van der Waals surface area contributed by atoms with Crippen LogP contribution in [0, 0.1) is 37.3 Å². The summed E-state index contributed by atoms with van der Waals surface area (Å²) < 4.78 is 21.7. The van der Waals surface area contributed by atoms with Crippen molar-refractivity contribution in [3.63, 3.8) is 0 Å². The second-order valence-electron chi connectivity index (χ2n) is 25.4. The zero-order chi connectivity index (χ0) is 67.1. The van der Waals surface area contributed by atoms with Gasteiger partial charge in [-0.3, -0.25) is 0 Å². The Morgan fingerprint density at radius 1 is 0.327 bits per heavy atom. The van der Waals surface area contributed by atoms with Gasteiger partial charge in [-0.1, -0.05) is 90.7 Å². The first-order valence-corrected chi connectivity index (χ1v) is 33.5. The zero-order valence-electron chi connectivity index (χ0n) is 57.9. The van der Waals surface area contributed by atoms with Gasteiger partial charge in [0.2, 0.25) is 0 Å². The average molecular weight is 2240 g/mol. The van der Waals surface area contributed by atoms with Crippen molar-refractivity contribution in [3.8, 4) is 28.4 Å². The molecule has 5 heterocycles. The number of aryl methyl sites for hydroxylation is 6. The Balaban J connectivity index is 0.000000130. The van der Waals surface area contributed by atoms with Gasteiger partial charge in [0.15, 0.2) is 86.8 Å². The minimum Gasteiger partial charge on any atom is -0.248 e. The smallest absolute Gasteiger partial charge is 0.188 e. The van der Waals surface area contributed by atoms with Crippen LogP contribution in [0.3, 0.4) is 0 Å². The Labute approximate surface area is 673 Å². The van der Waals surface area contributed by atoms with E-state index < -0.39 is 0 Å². The van der Waals surface area contributed by atoms with E-state index in [1.54, 1.807) is 0 Å². The van der Waals surface area contributed by atoms with Crippen LogP contribution in [0.25, 0.3) is 128 Å². The molecule has 0 aliphatic heterocycles. The van der Waals surface area contributed by atoms with Gasteiger partial charge in [0, 0.05) is 225 Å². The predicted molar refractivity (Wildman–Crippen MR) is 410 cm³/mol. The van der Waals surface area contributed by atoms with Crippen LogP contribution in [0.5, 0.6) is 0 Å². The fourth-order valence-corrected chi connectivity index (χ4v) is 14.2. The molecule has 0 N–H and O–H groups in total. The third-order valence-corrected chi connectivity index (χ3v) is 19.0. The van der Waals surface area contributed by atoms with Crippen molar-refractivity contribution in [1.29, 1.82) is 0 Å². The molecule has 13 aromatic carbocycles. The molecule has 0 saturated heterocycles. The van der Waals surface area contributed by atoms with E-state index in [1.165, 1.54) is 121 Å². The van der Waals surface area contributed by atoms with Crippen molar-refractivity contribution >= 4 is 99.1 Å². The number of fused-ring (bicyclic) bond motifs is 7. The van der Waals surface area contributed by atoms with E-state index in [4.69, 9.17) is 0 Å². The molecule has 0 saturated carbocycles. The topological polar surface area (TPSA) is 49.3 Å². The Morgan fingerprint density at radius 3 is 1.30 bits per heavy atom. The van der Waals surface area contributed by atoms with Crippen LogP contribution in [-0.4, -0.2) is 45.7 Å². The van der Waals surface area contributed by atoms with Gasteiger partial charge in [-0.05, 0) is 90.2 Å². The third-order valence-electron chi connectivity index (χ3n) is 19.0.